The number of aryl methyl sites for hydroxylation is 1. The Kier molecular flexibility index (Phi) is 3.85. The van der Waals surface area contributed by atoms with Crippen molar-refractivity contribution < 1.29 is 5.11 Å². The summed E-state index contributed by atoms with van der Waals surface area (Å²) in [5.74, 6) is 1.51. The number of aliphatic hydroxyl groups is 1. The lowest BCUT2D eigenvalue weighted by atomic mass is 9.73. The molecule has 2 atom stereocenters. The molecular weight excluding hydrogens is 260 g/mol. The van der Waals surface area contributed by atoms with Crippen LogP contribution in [0.4, 0.5) is 0 Å². The first-order chi connectivity index (χ1) is 10.1. The van der Waals surface area contributed by atoms with Gasteiger partial charge in [-0.25, -0.2) is 4.98 Å². The highest BCUT2D eigenvalue weighted by molar-refractivity contribution is 5.37. The SMILES string of the molecule is CCCn1ccnc1CC1(O)CCC(C)c2ccccc21. The van der Waals surface area contributed by atoms with Gasteiger partial charge in [-0.2, -0.15) is 0 Å². The zero-order chi connectivity index (χ0) is 14.9. The maximum absolute atomic E-state index is 11.3. The van der Waals surface area contributed by atoms with Crippen LogP contribution in [-0.4, -0.2) is 14.7 Å². The van der Waals surface area contributed by atoms with Crippen LogP contribution in [0.5, 0.6) is 0 Å². The molecule has 2 aromatic rings. The molecule has 0 fully saturated rings. The van der Waals surface area contributed by atoms with Gasteiger partial charge < -0.3 is 9.67 Å². The van der Waals surface area contributed by atoms with Gasteiger partial charge >= 0.3 is 0 Å². The molecule has 0 saturated carbocycles. The molecule has 112 valence electrons. The van der Waals surface area contributed by atoms with Crippen LogP contribution in [0.1, 0.15) is 56.0 Å². The second kappa shape index (κ2) is 5.64. The van der Waals surface area contributed by atoms with E-state index in [0.717, 1.165) is 37.2 Å². The van der Waals surface area contributed by atoms with Crippen LogP contribution in [0.15, 0.2) is 36.7 Å². The molecule has 0 bridgehead atoms. The molecular formula is C18H24N2O. The van der Waals surface area contributed by atoms with Gasteiger partial charge in [0.1, 0.15) is 5.82 Å². The summed E-state index contributed by atoms with van der Waals surface area (Å²) in [6.45, 7) is 5.37. The number of aromatic nitrogens is 2. The van der Waals surface area contributed by atoms with Gasteiger partial charge in [0.15, 0.2) is 0 Å². The van der Waals surface area contributed by atoms with E-state index in [0.29, 0.717) is 12.3 Å². The number of hydrogen-bond acceptors (Lipinski definition) is 2. The summed E-state index contributed by atoms with van der Waals surface area (Å²) in [7, 11) is 0. The Morgan fingerprint density at radius 3 is 3.00 bits per heavy atom. The number of hydrogen-bond donors (Lipinski definition) is 1. The standard InChI is InChI=1S/C18H24N2O/c1-3-11-20-12-10-19-17(20)13-18(21)9-8-14(2)15-6-4-5-7-16(15)18/h4-7,10,12,14,21H,3,8-9,11,13H2,1-2H3. The van der Waals surface area contributed by atoms with Gasteiger partial charge in [0.25, 0.3) is 0 Å². The molecule has 1 aliphatic carbocycles. The highest BCUT2D eigenvalue weighted by Crippen LogP contribution is 2.42. The lowest BCUT2D eigenvalue weighted by molar-refractivity contribution is 0.0132. The monoisotopic (exact) mass is 284 g/mol. The molecule has 1 N–H and O–H groups in total. The predicted octanol–water partition coefficient (Wildman–Crippen LogP) is 3.62. The fourth-order valence-corrected chi connectivity index (χ4v) is 3.49. The van der Waals surface area contributed by atoms with Crippen LogP contribution in [0, 0.1) is 0 Å². The number of fused-ring (bicyclic) bond motifs is 1. The van der Waals surface area contributed by atoms with Crippen LogP contribution in [0.3, 0.4) is 0 Å². The van der Waals surface area contributed by atoms with Crippen LogP contribution < -0.4 is 0 Å². The second-order valence-corrected chi connectivity index (χ2v) is 6.27. The fraction of sp³-hybridized carbons (Fsp3) is 0.500. The molecule has 3 heteroatoms. The Morgan fingerprint density at radius 2 is 2.19 bits per heavy atom. The number of benzene rings is 1. The molecule has 1 aliphatic rings. The van der Waals surface area contributed by atoms with E-state index in [1.165, 1.54) is 5.56 Å². The van der Waals surface area contributed by atoms with Crippen molar-refractivity contribution in [2.75, 3.05) is 0 Å². The topological polar surface area (TPSA) is 38.0 Å². The first-order valence-electron chi connectivity index (χ1n) is 7.96. The van der Waals surface area contributed by atoms with Crippen molar-refractivity contribution in [3.8, 4) is 0 Å². The Balaban J connectivity index is 1.94. The third-order valence-electron chi connectivity index (χ3n) is 4.70. The smallest absolute Gasteiger partial charge is 0.111 e. The van der Waals surface area contributed by atoms with Crippen molar-refractivity contribution in [1.82, 2.24) is 9.55 Å². The van der Waals surface area contributed by atoms with Crippen molar-refractivity contribution in [1.29, 1.82) is 0 Å². The van der Waals surface area contributed by atoms with E-state index in [1.54, 1.807) is 0 Å². The molecule has 1 aromatic heterocycles. The highest BCUT2D eigenvalue weighted by atomic mass is 16.3. The molecule has 21 heavy (non-hydrogen) atoms. The van der Waals surface area contributed by atoms with Crippen molar-refractivity contribution in [2.45, 2.75) is 57.6 Å². The summed E-state index contributed by atoms with van der Waals surface area (Å²) in [6.07, 6.45) is 7.37. The summed E-state index contributed by atoms with van der Waals surface area (Å²) in [5, 5.41) is 11.3. The number of imidazole rings is 1. The molecule has 0 spiro atoms. The molecule has 3 rings (SSSR count). The molecule has 3 nitrogen and oxygen atoms in total. The molecule has 0 amide bonds. The lowest BCUT2D eigenvalue weighted by Gasteiger charge is -2.37. The third-order valence-corrected chi connectivity index (χ3v) is 4.70. The van der Waals surface area contributed by atoms with E-state index in [9.17, 15) is 5.11 Å². The summed E-state index contributed by atoms with van der Waals surface area (Å²) >= 11 is 0. The maximum atomic E-state index is 11.3. The fourth-order valence-electron chi connectivity index (χ4n) is 3.49. The van der Waals surface area contributed by atoms with Gasteiger partial charge in [0, 0.05) is 25.4 Å². The minimum absolute atomic E-state index is 0.525. The van der Waals surface area contributed by atoms with E-state index in [2.05, 4.69) is 41.6 Å². The van der Waals surface area contributed by atoms with Crippen molar-refractivity contribution in [2.24, 2.45) is 0 Å². The van der Waals surface area contributed by atoms with E-state index in [-0.39, 0.29) is 0 Å². The predicted molar refractivity (Wildman–Crippen MR) is 84.2 cm³/mol. The minimum atomic E-state index is -0.778. The van der Waals surface area contributed by atoms with E-state index in [4.69, 9.17) is 0 Å². The molecule has 0 aliphatic heterocycles. The first kappa shape index (κ1) is 14.3. The normalized spacial score (nSPS) is 24.8. The van der Waals surface area contributed by atoms with Gasteiger partial charge in [0.2, 0.25) is 0 Å². The van der Waals surface area contributed by atoms with Gasteiger partial charge in [-0.3, -0.25) is 0 Å². The van der Waals surface area contributed by atoms with Crippen molar-refractivity contribution >= 4 is 0 Å². The largest absolute Gasteiger partial charge is 0.385 e. The summed E-state index contributed by atoms with van der Waals surface area (Å²) in [4.78, 5) is 4.47. The second-order valence-electron chi connectivity index (χ2n) is 6.27. The maximum Gasteiger partial charge on any atom is 0.111 e. The Hall–Kier alpha value is -1.61. The van der Waals surface area contributed by atoms with E-state index in [1.807, 2.05) is 18.5 Å². The van der Waals surface area contributed by atoms with Gasteiger partial charge in [-0.1, -0.05) is 38.1 Å². The first-order valence-corrected chi connectivity index (χ1v) is 7.96. The van der Waals surface area contributed by atoms with Crippen LogP contribution in [-0.2, 0) is 18.6 Å². The molecule has 1 aromatic carbocycles. The van der Waals surface area contributed by atoms with Gasteiger partial charge in [-0.15, -0.1) is 0 Å². The lowest BCUT2D eigenvalue weighted by Crippen LogP contribution is -2.35. The number of nitrogens with zero attached hydrogens (tertiary/aromatic N) is 2. The van der Waals surface area contributed by atoms with Crippen LogP contribution in [0.2, 0.25) is 0 Å². The molecule has 0 saturated heterocycles. The third kappa shape index (κ3) is 2.62. The van der Waals surface area contributed by atoms with Crippen LogP contribution >= 0.6 is 0 Å². The van der Waals surface area contributed by atoms with Crippen molar-refractivity contribution in [3.63, 3.8) is 0 Å². The molecule has 0 radical (unpaired) electrons. The average Bonchev–Trinajstić information content (AvgIpc) is 2.91. The van der Waals surface area contributed by atoms with E-state index >= 15 is 0 Å². The Morgan fingerprint density at radius 1 is 1.38 bits per heavy atom. The van der Waals surface area contributed by atoms with Crippen molar-refractivity contribution in [3.05, 3.63) is 53.6 Å². The summed E-state index contributed by atoms with van der Waals surface area (Å²) in [6, 6.07) is 8.33. The van der Waals surface area contributed by atoms with Crippen LogP contribution in [0.25, 0.3) is 0 Å². The zero-order valence-electron chi connectivity index (χ0n) is 12.9. The molecule has 1 heterocycles. The van der Waals surface area contributed by atoms with Gasteiger partial charge in [0.05, 0.1) is 5.60 Å². The number of rotatable bonds is 4. The zero-order valence-corrected chi connectivity index (χ0v) is 12.9. The Labute approximate surface area is 126 Å². The van der Waals surface area contributed by atoms with Gasteiger partial charge in [-0.05, 0) is 36.3 Å². The Bertz CT molecular complexity index is 619. The average molecular weight is 284 g/mol. The quantitative estimate of drug-likeness (QED) is 0.931. The van der Waals surface area contributed by atoms with E-state index < -0.39 is 5.60 Å². The molecule has 2 unspecified atom stereocenters. The highest BCUT2D eigenvalue weighted by Gasteiger charge is 2.37. The minimum Gasteiger partial charge on any atom is -0.385 e. The summed E-state index contributed by atoms with van der Waals surface area (Å²) < 4.78 is 2.17. The summed E-state index contributed by atoms with van der Waals surface area (Å²) in [5.41, 5.74) is 1.61.